The third-order valence-corrected chi connectivity index (χ3v) is 3.74. The molecule has 0 radical (unpaired) electrons. The summed E-state index contributed by atoms with van der Waals surface area (Å²) in [5, 5.41) is 26.9. The number of rotatable bonds is 6. The molecule has 0 unspecified atom stereocenters. The molecule has 0 aliphatic carbocycles. The molecule has 0 aromatic rings. The first-order valence-corrected chi connectivity index (χ1v) is 6.61. The Hall–Kier alpha value is -1.16. The van der Waals surface area contributed by atoms with Crippen LogP contribution in [-0.2, 0) is 9.59 Å². The van der Waals surface area contributed by atoms with Crippen molar-refractivity contribution in [3.63, 3.8) is 0 Å². The highest BCUT2D eigenvalue weighted by atomic mass is 16.4. The minimum atomic E-state index is -1.51. The molecule has 20 heavy (non-hydrogen) atoms. The van der Waals surface area contributed by atoms with Gasteiger partial charge in [0.05, 0.1) is 6.04 Å². The summed E-state index contributed by atoms with van der Waals surface area (Å²) in [7, 11) is -1.42. The van der Waals surface area contributed by atoms with Gasteiger partial charge in [0.2, 0.25) is 5.91 Å². The molecule has 0 aromatic heterocycles. The third-order valence-electron chi connectivity index (χ3n) is 3.74. The molecule has 1 aliphatic heterocycles. The lowest BCUT2D eigenvalue weighted by atomic mass is 9.78. The van der Waals surface area contributed by atoms with E-state index in [-0.39, 0.29) is 25.3 Å². The van der Waals surface area contributed by atoms with Gasteiger partial charge in [0.15, 0.2) is 0 Å². The van der Waals surface area contributed by atoms with Gasteiger partial charge in [0.1, 0.15) is 5.54 Å². The largest absolute Gasteiger partial charge is 0.480 e. The molecule has 8 nitrogen and oxygen atoms in total. The van der Waals surface area contributed by atoms with Crippen molar-refractivity contribution < 1.29 is 24.7 Å². The molecule has 0 spiro atoms. The lowest BCUT2D eigenvalue weighted by Crippen LogP contribution is -2.55. The van der Waals surface area contributed by atoms with Crippen LogP contribution in [0.3, 0.4) is 0 Å². The summed E-state index contributed by atoms with van der Waals surface area (Å²) in [6, 6.07) is -0.703. The fourth-order valence-electron chi connectivity index (χ4n) is 2.53. The summed E-state index contributed by atoms with van der Waals surface area (Å²) < 4.78 is 0. The molecule has 0 aromatic carbocycles. The van der Waals surface area contributed by atoms with E-state index in [0.29, 0.717) is 12.8 Å². The van der Waals surface area contributed by atoms with Crippen LogP contribution in [0.1, 0.15) is 19.8 Å². The molecule has 3 atom stereocenters. The molecule has 0 saturated carbocycles. The normalized spacial score (nSPS) is 27.4. The zero-order chi connectivity index (χ0) is 15.5. The van der Waals surface area contributed by atoms with Crippen molar-refractivity contribution in [3.05, 3.63) is 0 Å². The average molecular weight is 287 g/mol. The number of carbonyl (C=O) groups is 2. The number of nitrogens with two attached hydrogens (primary N) is 2. The summed E-state index contributed by atoms with van der Waals surface area (Å²) in [4.78, 5) is 24.6. The topological polar surface area (TPSA) is 150 Å². The van der Waals surface area contributed by atoms with Crippen molar-refractivity contribution in [2.75, 3.05) is 13.1 Å². The maximum absolute atomic E-state index is 11.9. The molecule has 114 valence electrons. The number of aliphatic carboxylic acids is 1. The van der Waals surface area contributed by atoms with Gasteiger partial charge in [-0.15, -0.1) is 0 Å². The molecule has 0 bridgehead atoms. The molecular formula is C11H22BN3O5. The first kappa shape index (κ1) is 16.9. The van der Waals surface area contributed by atoms with Crippen LogP contribution in [0.2, 0.25) is 6.32 Å². The minimum Gasteiger partial charge on any atom is -0.480 e. The van der Waals surface area contributed by atoms with E-state index in [1.54, 1.807) is 0 Å². The van der Waals surface area contributed by atoms with Crippen molar-refractivity contribution >= 4 is 19.0 Å². The maximum Gasteiger partial charge on any atom is 0.451 e. The van der Waals surface area contributed by atoms with E-state index in [1.165, 1.54) is 11.8 Å². The Kier molecular flexibility index (Phi) is 5.52. The number of carbonyl (C=O) groups excluding carboxylic acids is 1. The van der Waals surface area contributed by atoms with Crippen LogP contribution >= 0.6 is 0 Å². The minimum absolute atomic E-state index is 0.0744. The van der Waals surface area contributed by atoms with Gasteiger partial charge in [0.25, 0.3) is 0 Å². The van der Waals surface area contributed by atoms with Crippen LogP contribution in [0.25, 0.3) is 0 Å². The van der Waals surface area contributed by atoms with Gasteiger partial charge in [-0.2, -0.15) is 0 Å². The Balaban J connectivity index is 2.74. The highest BCUT2D eigenvalue weighted by Gasteiger charge is 2.50. The Morgan fingerprint density at radius 1 is 1.50 bits per heavy atom. The fourth-order valence-corrected chi connectivity index (χ4v) is 2.53. The van der Waals surface area contributed by atoms with E-state index >= 15 is 0 Å². The number of carboxylic acids is 1. The van der Waals surface area contributed by atoms with E-state index in [9.17, 15) is 14.7 Å². The summed E-state index contributed by atoms with van der Waals surface area (Å²) in [6.07, 6.45) is 0.978. The Morgan fingerprint density at radius 3 is 2.55 bits per heavy atom. The Morgan fingerprint density at radius 2 is 2.10 bits per heavy atom. The molecule has 1 fully saturated rings. The molecule has 7 N–H and O–H groups in total. The van der Waals surface area contributed by atoms with Crippen LogP contribution in [-0.4, -0.2) is 63.7 Å². The van der Waals surface area contributed by atoms with E-state index < -0.39 is 30.6 Å². The predicted molar refractivity (Wildman–Crippen MR) is 72.5 cm³/mol. The second-order valence-electron chi connectivity index (χ2n) is 5.46. The zero-order valence-corrected chi connectivity index (χ0v) is 11.5. The van der Waals surface area contributed by atoms with Crippen LogP contribution in [0, 0.1) is 5.92 Å². The monoisotopic (exact) mass is 287 g/mol. The Labute approximate surface area is 117 Å². The molecule has 1 saturated heterocycles. The van der Waals surface area contributed by atoms with E-state index in [4.69, 9.17) is 21.5 Å². The van der Waals surface area contributed by atoms with Crippen molar-refractivity contribution in [2.24, 2.45) is 17.4 Å². The predicted octanol–water partition coefficient (Wildman–Crippen LogP) is -2.17. The smallest absolute Gasteiger partial charge is 0.451 e. The van der Waals surface area contributed by atoms with Crippen LogP contribution in [0.15, 0.2) is 0 Å². The van der Waals surface area contributed by atoms with Crippen molar-refractivity contribution in [1.29, 1.82) is 0 Å². The molecule has 1 heterocycles. The number of amides is 1. The summed E-state index contributed by atoms with van der Waals surface area (Å²) in [5.74, 6) is -1.92. The van der Waals surface area contributed by atoms with E-state index in [1.807, 2.05) is 0 Å². The van der Waals surface area contributed by atoms with Gasteiger partial charge in [0, 0.05) is 19.0 Å². The van der Waals surface area contributed by atoms with Gasteiger partial charge in [-0.25, -0.2) is 0 Å². The second kappa shape index (κ2) is 6.53. The van der Waals surface area contributed by atoms with Gasteiger partial charge in [-0.3, -0.25) is 9.59 Å². The molecule has 1 amide bonds. The summed E-state index contributed by atoms with van der Waals surface area (Å²) in [5.41, 5.74) is 9.94. The number of hydrogen-bond donors (Lipinski definition) is 5. The van der Waals surface area contributed by atoms with Crippen LogP contribution in [0.4, 0.5) is 0 Å². The van der Waals surface area contributed by atoms with E-state index in [2.05, 4.69) is 0 Å². The third kappa shape index (κ3) is 3.69. The highest BCUT2D eigenvalue weighted by Crippen LogP contribution is 2.30. The van der Waals surface area contributed by atoms with Gasteiger partial charge in [-0.05, 0) is 19.7 Å². The van der Waals surface area contributed by atoms with Crippen LogP contribution < -0.4 is 11.5 Å². The Bertz CT molecular complexity index is 379. The summed E-state index contributed by atoms with van der Waals surface area (Å²) in [6.45, 7) is 1.69. The fraction of sp³-hybridized carbons (Fsp3) is 0.818. The molecule has 1 aliphatic rings. The number of nitrogens with zero attached hydrogens (tertiary/aromatic N) is 1. The standard InChI is InChI=1S/C11H22BN3O5/c1-7(13)9(16)15-5-8(3-2-4-12(19)20)11(14,6-15)10(17)18/h7-8,19-20H,2-6,13-14H2,1H3,(H,17,18)/t7-,8+,11+/m0/s1. The highest BCUT2D eigenvalue weighted by molar-refractivity contribution is 6.40. The number of likely N-dealkylation sites (tertiary alicyclic amines) is 1. The van der Waals surface area contributed by atoms with Crippen molar-refractivity contribution in [3.8, 4) is 0 Å². The maximum atomic E-state index is 11.9. The van der Waals surface area contributed by atoms with Gasteiger partial charge in [-0.1, -0.05) is 6.42 Å². The number of hydrogen-bond acceptors (Lipinski definition) is 6. The first-order valence-electron chi connectivity index (χ1n) is 6.61. The second-order valence-corrected chi connectivity index (χ2v) is 5.46. The summed E-state index contributed by atoms with van der Waals surface area (Å²) >= 11 is 0. The molecular weight excluding hydrogens is 265 g/mol. The SMILES string of the molecule is C[C@H](N)C(=O)N1C[C@@H](CCCB(O)O)[C@@](N)(C(=O)O)C1. The lowest BCUT2D eigenvalue weighted by Gasteiger charge is -2.25. The molecule has 1 rings (SSSR count). The van der Waals surface area contributed by atoms with E-state index in [0.717, 1.165) is 0 Å². The quantitative estimate of drug-likeness (QED) is 0.349. The van der Waals surface area contributed by atoms with Crippen LogP contribution in [0.5, 0.6) is 0 Å². The molecule has 9 heteroatoms. The van der Waals surface area contributed by atoms with Gasteiger partial charge < -0.3 is 31.5 Å². The zero-order valence-electron chi connectivity index (χ0n) is 11.5. The lowest BCUT2D eigenvalue weighted by molar-refractivity contribution is -0.144. The van der Waals surface area contributed by atoms with Crippen molar-refractivity contribution in [1.82, 2.24) is 4.90 Å². The van der Waals surface area contributed by atoms with Gasteiger partial charge >= 0.3 is 13.1 Å². The average Bonchev–Trinajstić information content (AvgIpc) is 2.67. The first-order chi connectivity index (χ1) is 9.18. The number of carboxylic acid groups (broad SMARTS) is 1. The van der Waals surface area contributed by atoms with Crippen molar-refractivity contribution in [2.45, 2.75) is 37.7 Å².